The minimum absolute atomic E-state index is 0.180. The Morgan fingerprint density at radius 3 is 2.72 bits per heavy atom. The molecular weight excluding hydrogens is 321 g/mol. The lowest BCUT2D eigenvalue weighted by Gasteiger charge is -2.23. The van der Waals surface area contributed by atoms with Gasteiger partial charge in [-0.05, 0) is 56.2 Å². The van der Waals surface area contributed by atoms with E-state index >= 15 is 0 Å². The first-order valence-electron chi connectivity index (χ1n) is 9.07. The molecule has 1 saturated heterocycles. The summed E-state index contributed by atoms with van der Waals surface area (Å²) < 4.78 is 19.0. The van der Waals surface area contributed by atoms with E-state index in [-0.39, 0.29) is 23.9 Å². The van der Waals surface area contributed by atoms with Crippen LogP contribution >= 0.6 is 0 Å². The van der Waals surface area contributed by atoms with E-state index in [1.54, 1.807) is 6.07 Å². The Kier molecular flexibility index (Phi) is 5.47. The molecule has 0 spiro atoms. The number of carbonyl (C=O) groups is 1. The summed E-state index contributed by atoms with van der Waals surface area (Å²) in [6.45, 7) is 3.55. The quantitative estimate of drug-likeness (QED) is 0.859. The lowest BCUT2D eigenvalue weighted by Crippen LogP contribution is -2.39. The van der Waals surface area contributed by atoms with Gasteiger partial charge < -0.3 is 20.3 Å². The Bertz CT molecular complexity index is 617. The molecule has 5 nitrogen and oxygen atoms in total. The number of halogens is 1. The van der Waals surface area contributed by atoms with Gasteiger partial charge in [-0.2, -0.15) is 0 Å². The number of rotatable bonds is 5. The highest BCUT2D eigenvalue weighted by molar-refractivity contribution is 5.75. The predicted molar refractivity (Wildman–Crippen MR) is 96.2 cm³/mol. The lowest BCUT2D eigenvalue weighted by molar-refractivity contribution is 0.0590. The van der Waals surface area contributed by atoms with Crippen LogP contribution in [0, 0.1) is 17.7 Å². The summed E-state index contributed by atoms with van der Waals surface area (Å²) in [6, 6.07) is 4.48. The van der Waals surface area contributed by atoms with Crippen molar-refractivity contribution in [3.05, 3.63) is 29.6 Å². The smallest absolute Gasteiger partial charge is 0.315 e. The maximum atomic E-state index is 13.6. The molecule has 1 aliphatic carbocycles. The number of nitrogens with zero attached hydrogens (tertiary/aromatic N) is 1. The van der Waals surface area contributed by atoms with Crippen molar-refractivity contribution in [1.29, 1.82) is 0 Å². The minimum atomic E-state index is -0.295. The average Bonchev–Trinajstić information content (AvgIpc) is 3.34. The molecule has 2 aliphatic rings. The van der Waals surface area contributed by atoms with Crippen molar-refractivity contribution in [1.82, 2.24) is 10.6 Å². The number of anilines is 1. The molecule has 0 bridgehead atoms. The van der Waals surface area contributed by atoms with E-state index in [9.17, 15) is 9.18 Å². The highest BCUT2D eigenvalue weighted by Gasteiger charge is 2.44. The maximum Gasteiger partial charge on any atom is 0.315 e. The van der Waals surface area contributed by atoms with Crippen LogP contribution in [0.2, 0.25) is 0 Å². The first-order valence-corrected chi connectivity index (χ1v) is 9.07. The van der Waals surface area contributed by atoms with Gasteiger partial charge in [0.25, 0.3) is 0 Å². The third kappa shape index (κ3) is 4.42. The van der Waals surface area contributed by atoms with Crippen LogP contribution in [0.4, 0.5) is 14.9 Å². The van der Waals surface area contributed by atoms with E-state index in [0.717, 1.165) is 43.7 Å². The van der Waals surface area contributed by atoms with Crippen molar-refractivity contribution in [2.75, 3.05) is 32.2 Å². The molecule has 1 aromatic carbocycles. The van der Waals surface area contributed by atoms with Gasteiger partial charge in [0, 0.05) is 44.6 Å². The van der Waals surface area contributed by atoms with Crippen molar-refractivity contribution < 1.29 is 13.9 Å². The average molecular weight is 349 g/mol. The molecular formula is C19H28FN3O2. The van der Waals surface area contributed by atoms with Crippen LogP contribution < -0.4 is 15.5 Å². The summed E-state index contributed by atoms with van der Waals surface area (Å²) in [5, 5.41) is 6.01. The molecule has 1 heterocycles. The topological polar surface area (TPSA) is 53.6 Å². The molecule has 6 heteroatoms. The molecule has 1 aliphatic heterocycles. The van der Waals surface area contributed by atoms with Crippen LogP contribution in [0.25, 0.3) is 0 Å². The van der Waals surface area contributed by atoms with E-state index in [1.807, 2.05) is 25.9 Å². The molecule has 2 amide bonds. The first-order chi connectivity index (χ1) is 12.0. The van der Waals surface area contributed by atoms with E-state index in [1.165, 1.54) is 12.1 Å². The SMILES string of the molecule is CC(NC(=O)N[C@@H]1C[C@H]1C1CCOCC1)c1cc(F)ccc1N(C)C. The molecule has 1 unspecified atom stereocenters. The van der Waals surface area contributed by atoms with Crippen molar-refractivity contribution >= 4 is 11.7 Å². The van der Waals surface area contributed by atoms with Crippen LogP contribution in [-0.2, 0) is 4.74 Å². The zero-order chi connectivity index (χ0) is 18.0. The monoisotopic (exact) mass is 349 g/mol. The highest BCUT2D eigenvalue weighted by atomic mass is 19.1. The van der Waals surface area contributed by atoms with Crippen LogP contribution in [-0.4, -0.2) is 39.4 Å². The molecule has 2 N–H and O–H groups in total. The number of urea groups is 1. The summed E-state index contributed by atoms with van der Waals surface area (Å²) in [5.74, 6) is 0.952. The number of hydrogen-bond donors (Lipinski definition) is 2. The van der Waals surface area contributed by atoms with Crippen molar-refractivity contribution in [3.63, 3.8) is 0 Å². The van der Waals surface area contributed by atoms with E-state index in [0.29, 0.717) is 11.8 Å². The number of carbonyl (C=O) groups excluding carboxylic acids is 1. The maximum absolute atomic E-state index is 13.6. The third-order valence-electron chi connectivity index (χ3n) is 5.31. The fraction of sp³-hybridized carbons (Fsp3) is 0.632. The zero-order valence-corrected chi connectivity index (χ0v) is 15.2. The largest absolute Gasteiger partial charge is 0.381 e. The number of hydrogen-bond acceptors (Lipinski definition) is 3. The third-order valence-corrected chi connectivity index (χ3v) is 5.31. The van der Waals surface area contributed by atoms with Gasteiger partial charge >= 0.3 is 6.03 Å². The van der Waals surface area contributed by atoms with Gasteiger partial charge in [0.05, 0.1) is 6.04 Å². The van der Waals surface area contributed by atoms with Crippen LogP contribution in [0.15, 0.2) is 18.2 Å². The summed E-state index contributed by atoms with van der Waals surface area (Å²) in [6.07, 6.45) is 3.24. The van der Waals surface area contributed by atoms with Crippen molar-refractivity contribution in [2.24, 2.45) is 11.8 Å². The van der Waals surface area contributed by atoms with E-state index < -0.39 is 0 Å². The molecule has 25 heavy (non-hydrogen) atoms. The Morgan fingerprint density at radius 2 is 2.04 bits per heavy atom. The second-order valence-electron chi connectivity index (χ2n) is 7.39. The molecule has 2 fully saturated rings. The zero-order valence-electron chi connectivity index (χ0n) is 15.2. The summed E-state index contributed by atoms with van der Waals surface area (Å²) in [7, 11) is 3.82. The van der Waals surface area contributed by atoms with E-state index in [4.69, 9.17) is 4.74 Å². The van der Waals surface area contributed by atoms with Gasteiger partial charge in [-0.25, -0.2) is 9.18 Å². The Hall–Kier alpha value is -1.82. The second kappa shape index (κ2) is 7.60. The number of nitrogens with one attached hydrogen (secondary N) is 2. The Labute approximate surface area is 148 Å². The summed E-state index contributed by atoms with van der Waals surface area (Å²) in [5.41, 5.74) is 1.68. The fourth-order valence-electron chi connectivity index (χ4n) is 3.81. The van der Waals surface area contributed by atoms with Gasteiger partial charge in [-0.15, -0.1) is 0 Å². The predicted octanol–water partition coefficient (Wildman–Crippen LogP) is 3.07. The molecule has 3 rings (SSSR count). The minimum Gasteiger partial charge on any atom is -0.381 e. The van der Waals surface area contributed by atoms with Crippen LogP contribution in [0.1, 0.15) is 37.8 Å². The molecule has 1 saturated carbocycles. The van der Waals surface area contributed by atoms with Crippen molar-refractivity contribution in [3.8, 4) is 0 Å². The Balaban J connectivity index is 1.54. The van der Waals surface area contributed by atoms with Gasteiger partial charge in [-0.3, -0.25) is 0 Å². The molecule has 1 aromatic rings. The fourth-order valence-corrected chi connectivity index (χ4v) is 3.81. The van der Waals surface area contributed by atoms with Gasteiger partial charge in [0.2, 0.25) is 0 Å². The molecule has 0 aromatic heterocycles. The number of amides is 2. The van der Waals surface area contributed by atoms with Gasteiger partial charge in [0.1, 0.15) is 5.82 Å². The molecule has 138 valence electrons. The number of ether oxygens (including phenoxy) is 1. The standard InChI is InChI=1S/C19H28FN3O2/c1-12(15-10-14(20)4-5-18(15)23(2)3)21-19(24)22-17-11-16(17)13-6-8-25-9-7-13/h4-5,10,12-13,16-17H,6-9,11H2,1-3H3,(H2,21,22,24)/t12?,16-,17+/m0/s1. The Morgan fingerprint density at radius 1 is 1.32 bits per heavy atom. The van der Waals surface area contributed by atoms with Gasteiger partial charge in [-0.1, -0.05) is 0 Å². The number of benzene rings is 1. The summed E-state index contributed by atoms with van der Waals surface area (Å²) >= 11 is 0. The van der Waals surface area contributed by atoms with Gasteiger partial charge in [0.15, 0.2) is 0 Å². The molecule has 0 radical (unpaired) electrons. The van der Waals surface area contributed by atoms with E-state index in [2.05, 4.69) is 10.6 Å². The first kappa shape index (κ1) is 18.0. The van der Waals surface area contributed by atoms with Crippen molar-refractivity contribution in [2.45, 2.75) is 38.3 Å². The normalized spacial score (nSPS) is 24.5. The molecule has 3 atom stereocenters. The second-order valence-corrected chi connectivity index (χ2v) is 7.39. The summed E-state index contributed by atoms with van der Waals surface area (Å²) in [4.78, 5) is 14.2. The van der Waals surface area contributed by atoms with Crippen LogP contribution in [0.5, 0.6) is 0 Å². The highest BCUT2D eigenvalue weighted by Crippen LogP contribution is 2.42. The lowest BCUT2D eigenvalue weighted by atomic mass is 9.94. The van der Waals surface area contributed by atoms with Crippen LogP contribution in [0.3, 0.4) is 0 Å².